The second kappa shape index (κ2) is 5.78. The maximum Gasteiger partial charge on any atom is 0.331 e. The zero-order valence-corrected chi connectivity index (χ0v) is 14.0. The third-order valence-electron chi connectivity index (χ3n) is 3.97. The van der Waals surface area contributed by atoms with Crippen LogP contribution in [0.2, 0.25) is 0 Å². The highest BCUT2D eigenvalue weighted by molar-refractivity contribution is 14.1. The molecule has 0 amide bonds. The van der Waals surface area contributed by atoms with Gasteiger partial charge in [-0.2, -0.15) is 5.10 Å². The van der Waals surface area contributed by atoms with Crippen LogP contribution in [0.3, 0.4) is 0 Å². The van der Waals surface area contributed by atoms with Gasteiger partial charge in [-0.1, -0.05) is 12.8 Å². The molecule has 7 heteroatoms. The van der Waals surface area contributed by atoms with Gasteiger partial charge in [-0.25, -0.2) is 4.79 Å². The molecule has 0 N–H and O–H groups in total. The molecule has 1 aliphatic carbocycles. The predicted molar refractivity (Wildman–Crippen MR) is 87.5 cm³/mol. The van der Waals surface area contributed by atoms with Gasteiger partial charge >= 0.3 is 5.69 Å². The number of halogens is 1. The van der Waals surface area contributed by atoms with E-state index >= 15 is 0 Å². The van der Waals surface area contributed by atoms with Crippen molar-refractivity contribution in [2.75, 3.05) is 0 Å². The summed E-state index contributed by atoms with van der Waals surface area (Å²) in [4.78, 5) is 24.2. The lowest BCUT2D eigenvalue weighted by Gasteiger charge is -2.09. The SMILES string of the molecule is Cn1cc(I)c(=O)n(Cc2ccn(C3CCCC3)n2)c1=O. The van der Waals surface area contributed by atoms with Crippen LogP contribution in [0.25, 0.3) is 0 Å². The molecule has 3 rings (SSSR count). The van der Waals surface area contributed by atoms with Gasteiger partial charge in [-0.3, -0.25) is 14.0 Å². The lowest BCUT2D eigenvalue weighted by Crippen LogP contribution is -2.40. The monoisotopic (exact) mass is 400 g/mol. The topological polar surface area (TPSA) is 61.8 Å². The van der Waals surface area contributed by atoms with Crippen molar-refractivity contribution in [3.05, 3.63) is 48.6 Å². The molecular formula is C14H17IN4O2. The zero-order valence-electron chi connectivity index (χ0n) is 11.8. The van der Waals surface area contributed by atoms with Gasteiger partial charge in [0.15, 0.2) is 0 Å². The normalized spacial score (nSPS) is 15.7. The Bertz CT molecular complexity index is 734. The minimum atomic E-state index is -0.309. The van der Waals surface area contributed by atoms with Crippen LogP contribution in [0.1, 0.15) is 37.4 Å². The molecule has 0 saturated heterocycles. The Kier molecular flexibility index (Phi) is 4.01. The highest BCUT2D eigenvalue weighted by Crippen LogP contribution is 2.28. The Morgan fingerprint density at radius 2 is 2.05 bits per heavy atom. The molecule has 0 atom stereocenters. The van der Waals surface area contributed by atoms with Gasteiger partial charge in [-0.15, -0.1) is 0 Å². The Balaban J connectivity index is 1.91. The molecule has 0 bridgehead atoms. The van der Waals surface area contributed by atoms with Gasteiger partial charge in [0.2, 0.25) is 0 Å². The second-order valence-corrected chi connectivity index (χ2v) is 6.65. The van der Waals surface area contributed by atoms with E-state index in [1.54, 1.807) is 13.2 Å². The molecule has 0 aliphatic heterocycles. The van der Waals surface area contributed by atoms with Gasteiger partial charge in [0, 0.05) is 19.4 Å². The van der Waals surface area contributed by atoms with E-state index < -0.39 is 0 Å². The van der Waals surface area contributed by atoms with Gasteiger partial charge in [-0.05, 0) is 41.5 Å². The number of nitrogens with zero attached hydrogens (tertiary/aromatic N) is 4. The van der Waals surface area contributed by atoms with Crippen LogP contribution in [0, 0.1) is 3.57 Å². The number of hydrogen-bond donors (Lipinski definition) is 0. The first-order valence-electron chi connectivity index (χ1n) is 7.06. The summed E-state index contributed by atoms with van der Waals surface area (Å²) in [5.41, 5.74) is 0.188. The minimum absolute atomic E-state index is 0.224. The van der Waals surface area contributed by atoms with E-state index in [4.69, 9.17) is 0 Å². The van der Waals surface area contributed by atoms with Crippen molar-refractivity contribution in [1.82, 2.24) is 18.9 Å². The summed E-state index contributed by atoms with van der Waals surface area (Å²) >= 11 is 1.95. The molecule has 0 unspecified atom stereocenters. The van der Waals surface area contributed by atoms with Crippen molar-refractivity contribution < 1.29 is 0 Å². The maximum atomic E-state index is 12.1. The summed E-state index contributed by atoms with van der Waals surface area (Å²) in [5, 5.41) is 4.54. The van der Waals surface area contributed by atoms with Crippen molar-refractivity contribution in [3.8, 4) is 0 Å². The van der Waals surface area contributed by atoms with Gasteiger partial charge < -0.3 is 4.57 Å². The summed E-state index contributed by atoms with van der Waals surface area (Å²) < 4.78 is 5.18. The van der Waals surface area contributed by atoms with Gasteiger partial charge in [0.25, 0.3) is 5.56 Å². The Hall–Kier alpha value is -1.38. The van der Waals surface area contributed by atoms with Gasteiger partial charge in [0.05, 0.1) is 21.9 Å². The molecule has 2 heterocycles. The Morgan fingerprint density at radius 3 is 2.76 bits per heavy atom. The quantitative estimate of drug-likeness (QED) is 0.734. The van der Waals surface area contributed by atoms with E-state index in [1.807, 2.05) is 39.5 Å². The fraction of sp³-hybridized carbons (Fsp3) is 0.500. The molecular weight excluding hydrogens is 383 g/mol. The van der Waals surface area contributed by atoms with Crippen LogP contribution >= 0.6 is 22.6 Å². The van der Waals surface area contributed by atoms with E-state index in [2.05, 4.69) is 5.10 Å². The number of aromatic nitrogens is 4. The maximum absolute atomic E-state index is 12.1. The Labute approximate surface area is 135 Å². The summed E-state index contributed by atoms with van der Waals surface area (Å²) in [7, 11) is 1.65. The fourth-order valence-corrected chi connectivity index (χ4v) is 3.53. The second-order valence-electron chi connectivity index (χ2n) is 5.49. The molecule has 21 heavy (non-hydrogen) atoms. The van der Waals surface area contributed by atoms with Crippen LogP contribution < -0.4 is 11.2 Å². The number of aryl methyl sites for hydroxylation is 1. The average molecular weight is 400 g/mol. The van der Waals surface area contributed by atoms with Crippen molar-refractivity contribution in [1.29, 1.82) is 0 Å². The summed E-state index contributed by atoms with van der Waals surface area (Å²) in [6.07, 6.45) is 8.32. The first-order chi connectivity index (χ1) is 10.1. The van der Waals surface area contributed by atoms with Crippen molar-refractivity contribution in [3.63, 3.8) is 0 Å². The smallest absolute Gasteiger partial charge is 0.302 e. The molecule has 0 aromatic carbocycles. The van der Waals surface area contributed by atoms with Crippen molar-refractivity contribution in [2.45, 2.75) is 38.3 Å². The molecule has 1 saturated carbocycles. The lowest BCUT2D eigenvalue weighted by molar-refractivity contribution is 0.460. The molecule has 1 aliphatic rings. The standard InChI is InChI=1S/C14H17IN4O2/c1-17-9-12(15)13(20)18(14(17)21)8-10-6-7-19(16-10)11-4-2-3-5-11/h6-7,9,11H,2-5,8H2,1H3. The first-order valence-corrected chi connectivity index (χ1v) is 8.14. The summed E-state index contributed by atoms with van der Waals surface area (Å²) in [6.45, 7) is 0.224. The summed E-state index contributed by atoms with van der Waals surface area (Å²) in [6, 6.07) is 2.36. The van der Waals surface area contributed by atoms with Crippen molar-refractivity contribution in [2.24, 2.45) is 7.05 Å². The average Bonchev–Trinajstić information content (AvgIpc) is 3.12. The van der Waals surface area contributed by atoms with E-state index in [9.17, 15) is 9.59 Å². The molecule has 1 fully saturated rings. The highest BCUT2D eigenvalue weighted by Gasteiger charge is 2.18. The predicted octanol–water partition coefficient (Wildman–Crippen LogP) is 1.51. The van der Waals surface area contributed by atoms with Crippen LogP contribution in [0.5, 0.6) is 0 Å². The molecule has 2 aromatic rings. The Morgan fingerprint density at radius 1 is 1.33 bits per heavy atom. The molecule has 0 spiro atoms. The fourth-order valence-electron chi connectivity index (χ4n) is 2.82. The first kappa shape index (κ1) is 14.6. The summed E-state index contributed by atoms with van der Waals surface area (Å²) in [5.74, 6) is 0. The van der Waals surface area contributed by atoms with Crippen LogP contribution in [-0.4, -0.2) is 18.9 Å². The number of hydrogen-bond acceptors (Lipinski definition) is 3. The van der Waals surface area contributed by atoms with Crippen LogP contribution in [0.4, 0.5) is 0 Å². The van der Waals surface area contributed by atoms with Crippen molar-refractivity contribution >= 4 is 22.6 Å². The molecule has 6 nitrogen and oxygen atoms in total. The highest BCUT2D eigenvalue weighted by atomic mass is 127. The third kappa shape index (κ3) is 2.83. The van der Waals surface area contributed by atoms with Crippen LogP contribution in [0.15, 0.2) is 28.0 Å². The molecule has 2 aromatic heterocycles. The lowest BCUT2D eigenvalue weighted by atomic mass is 10.3. The molecule has 0 radical (unpaired) electrons. The van der Waals surface area contributed by atoms with E-state index in [1.165, 1.54) is 22.0 Å². The third-order valence-corrected chi connectivity index (χ3v) is 4.71. The minimum Gasteiger partial charge on any atom is -0.302 e. The van der Waals surface area contributed by atoms with Crippen LogP contribution in [-0.2, 0) is 13.6 Å². The van der Waals surface area contributed by atoms with E-state index in [-0.39, 0.29) is 17.8 Å². The van der Waals surface area contributed by atoms with E-state index in [0.29, 0.717) is 9.61 Å². The number of rotatable bonds is 3. The largest absolute Gasteiger partial charge is 0.331 e. The molecule has 112 valence electrons. The van der Waals surface area contributed by atoms with Gasteiger partial charge in [0.1, 0.15) is 0 Å². The van der Waals surface area contributed by atoms with E-state index in [0.717, 1.165) is 18.5 Å². The zero-order chi connectivity index (χ0) is 15.0.